The Labute approximate surface area is 206 Å². The summed E-state index contributed by atoms with van der Waals surface area (Å²) in [7, 11) is 0. The van der Waals surface area contributed by atoms with Gasteiger partial charge in [0.1, 0.15) is 24.1 Å². The maximum absolute atomic E-state index is 15.1. The Morgan fingerprint density at radius 3 is 2.86 bits per heavy atom. The van der Waals surface area contributed by atoms with Gasteiger partial charge in [0.2, 0.25) is 0 Å². The third-order valence-electron chi connectivity index (χ3n) is 9.27. The van der Waals surface area contributed by atoms with Gasteiger partial charge in [0.25, 0.3) is 0 Å². The molecule has 4 atom stereocenters. The Hall–Kier alpha value is -2.13. The SMILES string of the molecule is F/C=C1\CN2CCC3(CC3)[C@@]2(COc2nc(N3CCCCC4C(F)C43)c3cnc(Cl)c(F)c3n2)C1. The first-order valence-corrected chi connectivity index (χ1v) is 12.9. The first-order chi connectivity index (χ1) is 17.0. The Morgan fingerprint density at radius 1 is 1.20 bits per heavy atom. The van der Waals surface area contributed by atoms with Gasteiger partial charge in [-0.1, -0.05) is 18.0 Å². The monoisotopic (exact) mass is 505 g/mol. The van der Waals surface area contributed by atoms with E-state index in [0.717, 1.165) is 57.0 Å². The molecule has 3 saturated heterocycles. The molecule has 35 heavy (non-hydrogen) atoms. The first-order valence-electron chi connectivity index (χ1n) is 12.5. The Balaban J connectivity index is 1.28. The van der Waals surface area contributed by atoms with Gasteiger partial charge in [-0.3, -0.25) is 4.90 Å². The molecule has 5 fully saturated rings. The fourth-order valence-corrected chi connectivity index (χ4v) is 7.28. The van der Waals surface area contributed by atoms with E-state index in [1.165, 1.54) is 6.20 Å². The van der Waals surface area contributed by atoms with Gasteiger partial charge >= 0.3 is 6.01 Å². The number of anilines is 1. The minimum atomic E-state index is -0.917. The summed E-state index contributed by atoms with van der Waals surface area (Å²) in [5, 5.41) is 0.129. The fourth-order valence-electron chi connectivity index (χ4n) is 7.15. The third kappa shape index (κ3) is 3.16. The van der Waals surface area contributed by atoms with E-state index in [1.807, 2.05) is 4.90 Å². The summed E-state index contributed by atoms with van der Waals surface area (Å²) in [5.41, 5.74) is 0.636. The molecular formula is C25H27ClF3N5O. The maximum Gasteiger partial charge on any atom is 0.319 e. The third-order valence-corrected chi connectivity index (χ3v) is 9.53. The Bertz CT molecular complexity index is 1240. The van der Waals surface area contributed by atoms with Crippen molar-refractivity contribution in [3.05, 3.63) is 29.1 Å². The van der Waals surface area contributed by atoms with Gasteiger partial charge in [-0.25, -0.2) is 18.2 Å². The molecule has 0 N–H and O–H groups in total. The van der Waals surface area contributed by atoms with E-state index < -0.39 is 12.0 Å². The van der Waals surface area contributed by atoms with E-state index >= 15 is 4.39 Å². The predicted molar refractivity (Wildman–Crippen MR) is 126 cm³/mol. The molecule has 0 radical (unpaired) electrons. The number of alkyl halides is 1. The molecule has 10 heteroatoms. The van der Waals surface area contributed by atoms with Crippen molar-refractivity contribution in [2.24, 2.45) is 11.3 Å². The van der Waals surface area contributed by atoms with Crippen molar-refractivity contribution >= 4 is 28.3 Å². The average Bonchev–Trinajstić information content (AvgIpc) is 3.73. The lowest BCUT2D eigenvalue weighted by molar-refractivity contribution is 0.0649. The van der Waals surface area contributed by atoms with Gasteiger partial charge in [0, 0.05) is 25.2 Å². The van der Waals surface area contributed by atoms with Crippen molar-refractivity contribution < 1.29 is 17.9 Å². The summed E-state index contributed by atoms with van der Waals surface area (Å²) in [6.07, 6.45) is 7.86. The summed E-state index contributed by atoms with van der Waals surface area (Å²) < 4.78 is 49.4. The van der Waals surface area contributed by atoms with E-state index in [0.29, 0.717) is 37.3 Å². The lowest BCUT2D eigenvalue weighted by atomic mass is 9.80. The van der Waals surface area contributed by atoms with Gasteiger partial charge in [-0.05, 0) is 56.1 Å². The summed E-state index contributed by atoms with van der Waals surface area (Å²) in [6, 6.07) is -0.229. The molecule has 0 aromatic carbocycles. The molecular weight excluding hydrogens is 479 g/mol. The molecule has 1 spiro atoms. The van der Waals surface area contributed by atoms with Gasteiger partial charge in [-0.15, -0.1) is 0 Å². The minimum Gasteiger partial charge on any atom is -0.461 e. The highest BCUT2D eigenvalue weighted by Gasteiger charge is 2.67. The van der Waals surface area contributed by atoms with Crippen LogP contribution < -0.4 is 9.64 Å². The standard InChI is InChI=1S/C25H27ClF3N5O/c26-21-18(29)19-16(11-30-21)22(34-7-2-1-3-15-17(28)20(15)34)32-23(31-19)35-13-25-9-14(10-27)12-33(25)8-6-24(25)4-5-24/h10-11,15,17,20H,1-9,12-13H2/b14-10-/t15?,17?,20?,25-/m0/s1. The molecule has 2 saturated carbocycles. The molecule has 5 heterocycles. The summed E-state index contributed by atoms with van der Waals surface area (Å²) >= 11 is 5.99. The number of hydrogen-bond donors (Lipinski definition) is 0. The van der Waals surface area contributed by atoms with Crippen molar-refractivity contribution in [3.8, 4) is 6.01 Å². The van der Waals surface area contributed by atoms with Crippen LogP contribution >= 0.6 is 11.6 Å². The number of fused-ring (bicyclic) bond motifs is 4. The first kappa shape index (κ1) is 22.1. The lowest BCUT2D eigenvalue weighted by Crippen LogP contribution is -2.49. The molecule has 0 amide bonds. The smallest absolute Gasteiger partial charge is 0.319 e. The number of pyridine rings is 1. The van der Waals surface area contributed by atoms with Gasteiger partial charge in [0.15, 0.2) is 11.0 Å². The molecule has 2 aromatic heterocycles. The zero-order chi connectivity index (χ0) is 23.9. The fraction of sp³-hybridized carbons (Fsp3) is 0.640. The van der Waals surface area contributed by atoms with Crippen LogP contribution in [0.1, 0.15) is 44.9 Å². The number of rotatable bonds is 4. The molecule has 7 rings (SSSR count). The van der Waals surface area contributed by atoms with E-state index in [-0.39, 0.29) is 39.6 Å². The molecule has 0 bridgehead atoms. The normalized spacial score (nSPS) is 34.3. The van der Waals surface area contributed by atoms with Crippen molar-refractivity contribution in [3.63, 3.8) is 0 Å². The van der Waals surface area contributed by atoms with Gasteiger partial charge < -0.3 is 9.64 Å². The Kier molecular flexibility index (Phi) is 4.85. The molecule has 5 aliphatic rings. The molecule has 3 aliphatic heterocycles. The van der Waals surface area contributed by atoms with Crippen LogP contribution in [-0.2, 0) is 0 Å². The highest BCUT2D eigenvalue weighted by atomic mass is 35.5. The lowest BCUT2D eigenvalue weighted by Gasteiger charge is -2.36. The second-order valence-electron chi connectivity index (χ2n) is 11.0. The predicted octanol–water partition coefficient (Wildman–Crippen LogP) is 5.00. The van der Waals surface area contributed by atoms with Crippen LogP contribution in [-0.4, -0.2) is 63.8 Å². The average molecular weight is 506 g/mol. The van der Waals surface area contributed by atoms with Gasteiger partial charge in [-0.2, -0.15) is 9.97 Å². The zero-order valence-electron chi connectivity index (χ0n) is 19.3. The molecule has 2 aromatic rings. The maximum atomic E-state index is 15.1. The topological polar surface area (TPSA) is 54.4 Å². The number of halogens is 4. The molecule has 3 unspecified atom stereocenters. The van der Waals surface area contributed by atoms with Crippen LogP contribution in [0.25, 0.3) is 10.9 Å². The number of hydrogen-bond acceptors (Lipinski definition) is 6. The molecule has 186 valence electrons. The van der Waals surface area contributed by atoms with E-state index in [2.05, 4.69) is 14.9 Å². The summed E-state index contributed by atoms with van der Waals surface area (Å²) in [6.45, 7) is 2.45. The number of aromatic nitrogens is 3. The summed E-state index contributed by atoms with van der Waals surface area (Å²) in [4.78, 5) is 17.3. The van der Waals surface area contributed by atoms with E-state index in [9.17, 15) is 8.78 Å². The number of ether oxygens (including phenoxy) is 1. The summed E-state index contributed by atoms with van der Waals surface area (Å²) in [5.74, 6) is -0.315. The van der Waals surface area contributed by atoms with Crippen LogP contribution in [0.15, 0.2) is 18.1 Å². The number of nitrogens with zero attached hydrogens (tertiary/aromatic N) is 5. The van der Waals surface area contributed by atoms with Crippen LogP contribution in [0.2, 0.25) is 5.15 Å². The van der Waals surface area contributed by atoms with Crippen LogP contribution in [0.3, 0.4) is 0 Å². The van der Waals surface area contributed by atoms with Crippen molar-refractivity contribution in [2.45, 2.75) is 62.7 Å². The molecule has 2 aliphatic carbocycles. The zero-order valence-corrected chi connectivity index (χ0v) is 20.1. The van der Waals surface area contributed by atoms with Crippen LogP contribution in [0.5, 0.6) is 6.01 Å². The van der Waals surface area contributed by atoms with E-state index in [4.69, 9.17) is 21.3 Å². The second-order valence-corrected chi connectivity index (χ2v) is 11.3. The van der Waals surface area contributed by atoms with Gasteiger partial charge in [0.05, 0.1) is 23.3 Å². The Morgan fingerprint density at radius 2 is 2.06 bits per heavy atom. The van der Waals surface area contributed by atoms with Crippen LogP contribution in [0.4, 0.5) is 19.0 Å². The van der Waals surface area contributed by atoms with Crippen molar-refractivity contribution in [1.82, 2.24) is 19.9 Å². The second kappa shape index (κ2) is 7.68. The molecule has 6 nitrogen and oxygen atoms in total. The largest absolute Gasteiger partial charge is 0.461 e. The van der Waals surface area contributed by atoms with Crippen molar-refractivity contribution in [2.75, 3.05) is 31.1 Å². The quantitative estimate of drug-likeness (QED) is 0.545. The van der Waals surface area contributed by atoms with Crippen molar-refractivity contribution in [1.29, 1.82) is 0 Å². The minimum absolute atomic E-state index is 0.0259. The van der Waals surface area contributed by atoms with E-state index in [1.54, 1.807) is 0 Å². The van der Waals surface area contributed by atoms with Crippen LogP contribution in [0, 0.1) is 17.2 Å². The highest BCUT2D eigenvalue weighted by molar-refractivity contribution is 6.30. The highest BCUT2D eigenvalue weighted by Crippen LogP contribution is 2.66.